The molecule has 0 bridgehead atoms. The van der Waals surface area contributed by atoms with Gasteiger partial charge < -0.3 is 9.63 Å². The smallest absolute Gasteiger partial charge is 0.240 e. The highest BCUT2D eigenvalue weighted by molar-refractivity contribution is 4.86. The minimum atomic E-state index is 0.146. The fourth-order valence-corrected chi connectivity index (χ4v) is 1.32. The highest BCUT2D eigenvalue weighted by atomic mass is 16.5. The molecule has 1 aromatic rings. The standard InChI is InChI=1S/C10H19N3O2/c1-4-9-11-10(15-12-9)7-13(5-6-14)8(2)3/h8,14H,4-7H2,1-3H3. The Bertz CT molecular complexity index is 286. The molecule has 0 fully saturated rings. The Hall–Kier alpha value is -0.940. The van der Waals surface area contributed by atoms with Gasteiger partial charge in [0.2, 0.25) is 5.89 Å². The number of aromatic nitrogens is 2. The number of aliphatic hydroxyl groups excluding tert-OH is 1. The van der Waals surface area contributed by atoms with Crippen LogP contribution >= 0.6 is 0 Å². The van der Waals surface area contributed by atoms with Gasteiger partial charge in [-0.2, -0.15) is 4.98 Å². The number of aliphatic hydroxyl groups is 1. The van der Waals surface area contributed by atoms with Crippen LogP contribution in [0, 0.1) is 0 Å². The average Bonchev–Trinajstić information content (AvgIpc) is 2.65. The van der Waals surface area contributed by atoms with Crippen molar-refractivity contribution in [3.63, 3.8) is 0 Å². The van der Waals surface area contributed by atoms with Crippen LogP contribution in [0.4, 0.5) is 0 Å². The maximum atomic E-state index is 8.91. The van der Waals surface area contributed by atoms with Crippen molar-refractivity contribution in [1.82, 2.24) is 15.0 Å². The van der Waals surface area contributed by atoms with Gasteiger partial charge in [-0.05, 0) is 13.8 Å². The fourth-order valence-electron chi connectivity index (χ4n) is 1.32. The lowest BCUT2D eigenvalue weighted by Crippen LogP contribution is -2.33. The third kappa shape index (κ3) is 3.60. The van der Waals surface area contributed by atoms with Gasteiger partial charge in [0, 0.05) is 19.0 Å². The van der Waals surface area contributed by atoms with E-state index < -0.39 is 0 Å². The highest BCUT2D eigenvalue weighted by Crippen LogP contribution is 2.06. The summed E-state index contributed by atoms with van der Waals surface area (Å²) in [5, 5.41) is 12.7. The molecule has 0 unspecified atom stereocenters. The topological polar surface area (TPSA) is 62.4 Å². The average molecular weight is 213 g/mol. The molecule has 0 amide bonds. The molecule has 5 heteroatoms. The SMILES string of the molecule is CCc1noc(CN(CCO)C(C)C)n1. The van der Waals surface area contributed by atoms with Crippen LogP contribution in [0.3, 0.4) is 0 Å². The zero-order valence-electron chi connectivity index (χ0n) is 9.60. The first-order valence-electron chi connectivity index (χ1n) is 5.33. The molecule has 1 N–H and O–H groups in total. The molecule has 15 heavy (non-hydrogen) atoms. The summed E-state index contributed by atoms with van der Waals surface area (Å²) in [5.41, 5.74) is 0. The maximum absolute atomic E-state index is 8.91. The first kappa shape index (κ1) is 12.1. The third-order valence-corrected chi connectivity index (χ3v) is 2.28. The second-order valence-corrected chi connectivity index (χ2v) is 3.75. The van der Waals surface area contributed by atoms with Crippen molar-refractivity contribution in [1.29, 1.82) is 0 Å². The quantitative estimate of drug-likeness (QED) is 0.758. The number of hydrogen-bond acceptors (Lipinski definition) is 5. The van der Waals surface area contributed by atoms with Gasteiger partial charge in [0.1, 0.15) is 0 Å². The van der Waals surface area contributed by atoms with Gasteiger partial charge in [-0.1, -0.05) is 12.1 Å². The molecule has 1 rings (SSSR count). The minimum Gasteiger partial charge on any atom is -0.395 e. The van der Waals surface area contributed by atoms with Crippen LogP contribution in [-0.2, 0) is 13.0 Å². The summed E-state index contributed by atoms with van der Waals surface area (Å²) in [5.74, 6) is 1.35. The van der Waals surface area contributed by atoms with Gasteiger partial charge in [0.25, 0.3) is 0 Å². The summed E-state index contributed by atoms with van der Waals surface area (Å²) in [4.78, 5) is 6.32. The normalized spacial score (nSPS) is 11.6. The molecule has 0 saturated heterocycles. The van der Waals surface area contributed by atoms with E-state index >= 15 is 0 Å². The first-order valence-corrected chi connectivity index (χ1v) is 5.33. The van der Waals surface area contributed by atoms with Crippen LogP contribution in [0.1, 0.15) is 32.5 Å². The van der Waals surface area contributed by atoms with E-state index in [0.717, 1.165) is 12.2 Å². The number of aryl methyl sites for hydroxylation is 1. The molecule has 1 aromatic heterocycles. The zero-order chi connectivity index (χ0) is 11.3. The molecule has 1 heterocycles. The summed E-state index contributed by atoms with van der Waals surface area (Å²) >= 11 is 0. The number of hydrogen-bond donors (Lipinski definition) is 1. The lowest BCUT2D eigenvalue weighted by atomic mass is 10.3. The van der Waals surface area contributed by atoms with E-state index in [4.69, 9.17) is 9.63 Å². The Morgan fingerprint density at radius 1 is 1.47 bits per heavy atom. The molecule has 0 saturated carbocycles. The van der Waals surface area contributed by atoms with Crippen molar-refractivity contribution in [2.24, 2.45) is 0 Å². The monoisotopic (exact) mass is 213 g/mol. The van der Waals surface area contributed by atoms with Gasteiger partial charge in [-0.15, -0.1) is 0 Å². The molecule has 0 aromatic carbocycles. The predicted molar refractivity (Wildman–Crippen MR) is 56.3 cm³/mol. The minimum absolute atomic E-state index is 0.146. The Morgan fingerprint density at radius 3 is 2.67 bits per heavy atom. The van der Waals surface area contributed by atoms with Crippen LogP contribution < -0.4 is 0 Å². The van der Waals surface area contributed by atoms with E-state index in [1.54, 1.807) is 0 Å². The van der Waals surface area contributed by atoms with Crippen LogP contribution in [0.5, 0.6) is 0 Å². The van der Waals surface area contributed by atoms with Crippen molar-refractivity contribution in [3.05, 3.63) is 11.7 Å². The summed E-state index contributed by atoms with van der Waals surface area (Å²) in [7, 11) is 0. The summed E-state index contributed by atoms with van der Waals surface area (Å²) in [6, 6.07) is 0.356. The Labute approximate surface area is 90.1 Å². The predicted octanol–water partition coefficient (Wildman–Crippen LogP) is 0.835. The second kappa shape index (κ2) is 5.82. The van der Waals surface area contributed by atoms with Gasteiger partial charge >= 0.3 is 0 Å². The van der Waals surface area contributed by atoms with E-state index in [1.807, 2.05) is 6.92 Å². The third-order valence-electron chi connectivity index (χ3n) is 2.28. The van der Waals surface area contributed by atoms with Crippen LogP contribution in [0.15, 0.2) is 4.52 Å². The highest BCUT2D eigenvalue weighted by Gasteiger charge is 2.13. The Balaban J connectivity index is 2.57. The molecular formula is C10H19N3O2. The van der Waals surface area contributed by atoms with Crippen LogP contribution in [0.2, 0.25) is 0 Å². The van der Waals surface area contributed by atoms with E-state index in [-0.39, 0.29) is 6.61 Å². The Kier molecular flexibility index (Phi) is 4.71. The van der Waals surface area contributed by atoms with Gasteiger partial charge in [0.05, 0.1) is 13.2 Å². The molecule has 5 nitrogen and oxygen atoms in total. The molecule has 0 aliphatic heterocycles. The summed E-state index contributed by atoms with van der Waals surface area (Å²) in [6.45, 7) is 7.52. The van der Waals surface area contributed by atoms with Crippen molar-refractivity contribution in [2.75, 3.05) is 13.2 Å². The lowest BCUT2D eigenvalue weighted by molar-refractivity contribution is 0.144. The number of rotatable bonds is 6. The first-order chi connectivity index (χ1) is 7.17. The van der Waals surface area contributed by atoms with Crippen molar-refractivity contribution < 1.29 is 9.63 Å². The fraction of sp³-hybridized carbons (Fsp3) is 0.800. The summed E-state index contributed by atoms with van der Waals surface area (Å²) < 4.78 is 5.10. The molecular weight excluding hydrogens is 194 g/mol. The van der Waals surface area contributed by atoms with E-state index in [0.29, 0.717) is 25.0 Å². The van der Waals surface area contributed by atoms with Crippen molar-refractivity contribution in [3.8, 4) is 0 Å². The van der Waals surface area contributed by atoms with E-state index in [9.17, 15) is 0 Å². The molecule has 0 aliphatic carbocycles. The second-order valence-electron chi connectivity index (χ2n) is 3.75. The van der Waals surface area contributed by atoms with E-state index in [1.165, 1.54) is 0 Å². The number of nitrogens with zero attached hydrogens (tertiary/aromatic N) is 3. The van der Waals surface area contributed by atoms with Gasteiger partial charge in [-0.3, -0.25) is 4.90 Å². The Morgan fingerprint density at radius 2 is 2.20 bits per heavy atom. The lowest BCUT2D eigenvalue weighted by Gasteiger charge is -2.23. The molecule has 0 radical (unpaired) electrons. The largest absolute Gasteiger partial charge is 0.395 e. The molecule has 86 valence electrons. The zero-order valence-corrected chi connectivity index (χ0v) is 9.60. The van der Waals surface area contributed by atoms with Crippen LogP contribution in [0.25, 0.3) is 0 Å². The molecule has 0 aliphatic rings. The maximum Gasteiger partial charge on any atom is 0.240 e. The molecule has 0 spiro atoms. The van der Waals surface area contributed by atoms with Gasteiger partial charge in [-0.25, -0.2) is 0 Å². The van der Waals surface area contributed by atoms with E-state index in [2.05, 4.69) is 28.9 Å². The van der Waals surface area contributed by atoms with Crippen molar-refractivity contribution in [2.45, 2.75) is 39.8 Å². The van der Waals surface area contributed by atoms with Crippen molar-refractivity contribution >= 4 is 0 Å². The molecule has 0 atom stereocenters. The van der Waals surface area contributed by atoms with Gasteiger partial charge in [0.15, 0.2) is 5.82 Å². The van der Waals surface area contributed by atoms with Crippen LogP contribution in [-0.4, -0.2) is 39.3 Å². The summed E-state index contributed by atoms with van der Waals surface area (Å²) in [6.07, 6.45) is 0.783.